The van der Waals surface area contributed by atoms with E-state index in [0.717, 1.165) is 31.5 Å². The average molecular weight is 368 g/mol. The third kappa shape index (κ3) is 4.60. The van der Waals surface area contributed by atoms with Crippen molar-refractivity contribution in [1.29, 1.82) is 0 Å². The van der Waals surface area contributed by atoms with Crippen molar-refractivity contribution < 1.29 is 22.5 Å². The molecule has 26 heavy (non-hydrogen) atoms. The Morgan fingerprint density at radius 1 is 1.38 bits per heavy atom. The standard InChI is InChI=1S/C17H19F3N4O2/c18-17(19,20)13-5-1-3-11(7-13)8-14-22-15(26-23-14)10-24-6-2-4-12(9-24)16(21)25/h1,3,5,7,12H,2,4,6,8-10H2,(H2,21,25). The van der Waals surface area contributed by atoms with Gasteiger partial charge < -0.3 is 10.3 Å². The molecule has 140 valence electrons. The fraction of sp³-hybridized carbons (Fsp3) is 0.471. The predicted octanol–water partition coefficient (Wildman–Crippen LogP) is 2.38. The molecule has 1 aliphatic heterocycles. The summed E-state index contributed by atoms with van der Waals surface area (Å²) in [5, 5.41) is 3.84. The first-order valence-corrected chi connectivity index (χ1v) is 8.30. The second-order valence-corrected chi connectivity index (χ2v) is 6.46. The Morgan fingerprint density at radius 3 is 2.92 bits per heavy atom. The van der Waals surface area contributed by atoms with Gasteiger partial charge >= 0.3 is 6.18 Å². The molecule has 1 unspecified atom stereocenters. The van der Waals surface area contributed by atoms with E-state index in [1.54, 1.807) is 6.07 Å². The van der Waals surface area contributed by atoms with Crippen LogP contribution in [0, 0.1) is 5.92 Å². The first-order chi connectivity index (χ1) is 12.3. The van der Waals surface area contributed by atoms with Gasteiger partial charge in [0.25, 0.3) is 0 Å². The number of benzene rings is 1. The van der Waals surface area contributed by atoms with Crippen LogP contribution in [-0.2, 0) is 23.9 Å². The summed E-state index contributed by atoms with van der Waals surface area (Å²) in [7, 11) is 0. The van der Waals surface area contributed by atoms with E-state index < -0.39 is 11.7 Å². The summed E-state index contributed by atoms with van der Waals surface area (Å²) in [6, 6.07) is 5.05. The summed E-state index contributed by atoms with van der Waals surface area (Å²) in [6.45, 7) is 1.73. The molecule has 2 heterocycles. The lowest BCUT2D eigenvalue weighted by Gasteiger charge is -2.29. The van der Waals surface area contributed by atoms with Crippen LogP contribution in [0.5, 0.6) is 0 Å². The van der Waals surface area contributed by atoms with Crippen LogP contribution in [0.1, 0.15) is 35.7 Å². The van der Waals surface area contributed by atoms with E-state index in [1.165, 1.54) is 6.07 Å². The summed E-state index contributed by atoms with van der Waals surface area (Å²) >= 11 is 0. The number of halogens is 3. The fourth-order valence-corrected chi connectivity index (χ4v) is 3.09. The highest BCUT2D eigenvalue weighted by molar-refractivity contribution is 5.76. The predicted molar refractivity (Wildman–Crippen MR) is 85.7 cm³/mol. The number of amides is 1. The quantitative estimate of drug-likeness (QED) is 0.876. The maximum Gasteiger partial charge on any atom is 0.416 e. The zero-order chi connectivity index (χ0) is 18.7. The van der Waals surface area contributed by atoms with Crippen LogP contribution >= 0.6 is 0 Å². The minimum absolute atomic E-state index is 0.150. The van der Waals surface area contributed by atoms with Crippen molar-refractivity contribution in [2.45, 2.75) is 32.0 Å². The average Bonchev–Trinajstić information content (AvgIpc) is 3.01. The Balaban J connectivity index is 1.62. The number of piperidine rings is 1. The summed E-state index contributed by atoms with van der Waals surface area (Å²) < 4.78 is 43.5. The first kappa shape index (κ1) is 18.4. The molecular formula is C17H19F3N4O2. The maximum absolute atomic E-state index is 12.8. The molecule has 1 aromatic carbocycles. The number of carbonyl (C=O) groups excluding carboxylic acids is 1. The molecule has 0 saturated carbocycles. The van der Waals surface area contributed by atoms with Crippen molar-refractivity contribution in [2.75, 3.05) is 13.1 Å². The van der Waals surface area contributed by atoms with Crippen LogP contribution < -0.4 is 5.73 Å². The van der Waals surface area contributed by atoms with Crippen LogP contribution in [0.25, 0.3) is 0 Å². The van der Waals surface area contributed by atoms with Crippen LogP contribution in [0.15, 0.2) is 28.8 Å². The molecule has 0 aliphatic carbocycles. The highest BCUT2D eigenvalue weighted by atomic mass is 19.4. The monoisotopic (exact) mass is 368 g/mol. The molecule has 6 nitrogen and oxygen atoms in total. The van der Waals surface area contributed by atoms with Gasteiger partial charge in [-0.1, -0.05) is 23.4 Å². The number of hydrogen-bond donors (Lipinski definition) is 1. The second kappa shape index (κ2) is 7.45. The van der Waals surface area contributed by atoms with Gasteiger partial charge in [0.15, 0.2) is 5.82 Å². The number of nitrogens with zero attached hydrogens (tertiary/aromatic N) is 3. The lowest BCUT2D eigenvalue weighted by atomic mass is 9.97. The molecule has 1 aromatic heterocycles. The summed E-state index contributed by atoms with van der Waals surface area (Å²) in [5.41, 5.74) is 5.11. The Bertz CT molecular complexity index is 775. The molecule has 1 atom stereocenters. The van der Waals surface area contributed by atoms with Gasteiger partial charge in [-0.3, -0.25) is 9.69 Å². The SMILES string of the molecule is NC(=O)C1CCCN(Cc2nc(Cc3cccc(C(F)(F)F)c3)no2)C1. The third-order valence-electron chi connectivity index (χ3n) is 4.39. The summed E-state index contributed by atoms with van der Waals surface area (Å²) in [4.78, 5) is 17.6. The lowest BCUT2D eigenvalue weighted by Crippen LogP contribution is -2.40. The zero-order valence-electron chi connectivity index (χ0n) is 14.0. The van der Waals surface area contributed by atoms with E-state index in [1.807, 2.05) is 4.90 Å². The van der Waals surface area contributed by atoms with Crippen molar-refractivity contribution in [3.05, 3.63) is 47.1 Å². The van der Waals surface area contributed by atoms with Gasteiger partial charge in [0.2, 0.25) is 11.8 Å². The zero-order valence-corrected chi connectivity index (χ0v) is 14.0. The normalized spacial score (nSPS) is 18.8. The number of alkyl halides is 3. The smallest absolute Gasteiger partial charge is 0.369 e. The van der Waals surface area contributed by atoms with Gasteiger partial charge in [-0.2, -0.15) is 18.2 Å². The van der Waals surface area contributed by atoms with Gasteiger partial charge in [-0.05, 0) is 31.0 Å². The first-order valence-electron chi connectivity index (χ1n) is 8.30. The molecule has 3 rings (SSSR count). The van der Waals surface area contributed by atoms with Gasteiger partial charge in [0.1, 0.15) is 0 Å². The number of hydrogen-bond acceptors (Lipinski definition) is 5. The van der Waals surface area contributed by atoms with Crippen LogP contribution in [-0.4, -0.2) is 34.0 Å². The van der Waals surface area contributed by atoms with Crippen molar-refractivity contribution in [1.82, 2.24) is 15.0 Å². The van der Waals surface area contributed by atoms with Gasteiger partial charge in [-0.25, -0.2) is 0 Å². The van der Waals surface area contributed by atoms with Crippen molar-refractivity contribution in [3.8, 4) is 0 Å². The van der Waals surface area contributed by atoms with E-state index in [4.69, 9.17) is 10.3 Å². The molecule has 9 heteroatoms. The molecule has 1 amide bonds. The molecule has 0 spiro atoms. The molecule has 1 saturated heterocycles. The summed E-state index contributed by atoms with van der Waals surface area (Å²) in [5.74, 6) is 0.196. The Morgan fingerprint density at radius 2 is 2.19 bits per heavy atom. The molecular weight excluding hydrogens is 349 g/mol. The van der Waals surface area contributed by atoms with Crippen molar-refractivity contribution >= 4 is 5.91 Å². The van der Waals surface area contributed by atoms with Crippen LogP contribution in [0.4, 0.5) is 13.2 Å². The molecule has 1 aliphatic rings. The van der Waals surface area contributed by atoms with Gasteiger partial charge in [0, 0.05) is 13.0 Å². The minimum atomic E-state index is -4.39. The number of primary amides is 1. The second-order valence-electron chi connectivity index (χ2n) is 6.46. The van der Waals surface area contributed by atoms with E-state index in [0.29, 0.717) is 30.4 Å². The number of likely N-dealkylation sites (tertiary alicyclic amines) is 1. The summed E-state index contributed by atoms with van der Waals surface area (Å²) in [6.07, 6.45) is -2.60. The largest absolute Gasteiger partial charge is 0.416 e. The molecule has 2 N–H and O–H groups in total. The Labute approximate surface area is 148 Å². The number of carbonyl (C=O) groups is 1. The number of nitrogens with two attached hydrogens (primary N) is 1. The van der Waals surface area contributed by atoms with E-state index in [-0.39, 0.29) is 18.2 Å². The number of aromatic nitrogens is 2. The van der Waals surface area contributed by atoms with Crippen molar-refractivity contribution in [2.24, 2.45) is 11.7 Å². The fourth-order valence-electron chi connectivity index (χ4n) is 3.09. The Hall–Kier alpha value is -2.42. The van der Waals surface area contributed by atoms with E-state index in [9.17, 15) is 18.0 Å². The topological polar surface area (TPSA) is 85.3 Å². The molecule has 0 bridgehead atoms. The number of rotatable bonds is 5. The molecule has 1 fully saturated rings. The molecule has 2 aromatic rings. The molecule has 0 radical (unpaired) electrons. The van der Waals surface area contributed by atoms with Crippen molar-refractivity contribution in [3.63, 3.8) is 0 Å². The maximum atomic E-state index is 12.8. The van der Waals surface area contributed by atoms with Gasteiger partial charge in [-0.15, -0.1) is 0 Å². The highest BCUT2D eigenvalue weighted by Gasteiger charge is 2.30. The van der Waals surface area contributed by atoms with E-state index >= 15 is 0 Å². The van der Waals surface area contributed by atoms with Gasteiger partial charge in [0.05, 0.1) is 18.0 Å². The lowest BCUT2D eigenvalue weighted by molar-refractivity contribution is -0.137. The van der Waals surface area contributed by atoms with Crippen LogP contribution in [0.3, 0.4) is 0 Å². The highest BCUT2D eigenvalue weighted by Crippen LogP contribution is 2.29. The minimum Gasteiger partial charge on any atom is -0.369 e. The van der Waals surface area contributed by atoms with Crippen LogP contribution in [0.2, 0.25) is 0 Å². The Kier molecular flexibility index (Phi) is 5.26. The third-order valence-corrected chi connectivity index (χ3v) is 4.39. The van der Waals surface area contributed by atoms with E-state index in [2.05, 4.69) is 10.1 Å².